The lowest BCUT2D eigenvalue weighted by Crippen LogP contribution is -2.79. The number of hydrogen-bond donors (Lipinski definition) is 0. The summed E-state index contributed by atoms with van der Waals surface area (Å²) in [4.78, 5) is 0. The second-order valence-corrected chi connectivity index (χ2v) is 13.0. The van der Waals surface area contributed by atoms with Crippen LogP contribution in [0.25, 0.3) is 0 Å². The highest BCUT2D eigenvalue weighted by atomic mass is 28.4. The van der Waals surface area contributed by atoms with E-state index in [1.165, 1.54) is 0 Å². The van der Waals surface area contributed by atoms with Crippen molar-refractivity contribution in [1.82, 2.24) is 0 Å². The molecular formula is C19H13F29O3Si. The molecule has 0 radical (unpaired) electrons. The van der Waals surface area contributed by atoms with E-state index in [0.717, 1.165) is 0 Å². The van der Waals surface area contributed by atoms with Crippen LogP contribution in [0.2, 0.25) is 6.04 Å². The third-order valence-corrected chi connectivity index (χ3v) is 9.56. The van der Waals surface area contributed by atoms with E-state index in [1.807, 2.05) is 0 Å². The van der Waals surface area contributed by atoms with Gasteiger partial charge in [-0.1, -0.05) is 0 Å². The van der Waals surface area contributed by atoms with Crippen LogP contribution in [0.3, 0.4) is 0 Å². The number of halogens is 29. The Kier molecular flexibility index (Phi) is 12.6. The van der Waals surface area contributed by atoms with Gasteiger partial charge in [0.2, 0.25) is 0 Å². The van der Waals surface area contributed by atoms with Gasteiger partial charge in [0.05, 0.1) is 0 Å². The monoisotopic (exact) mass is 868 g/mol. The Morgan fingerprint density at radius 3 is 0.635 bits per heavy atom. The van der Waals surface area contributed by atoms with E-state index in [1.54, 1.807) is 0 Å². The van der Waals surface area contributed by atoms with Crippen LogP contribution in [0.4, 0.5) is 127 Å². The molecule has 0 saturated heterocycles. The largest absolute Gasteiger partial charge is 0.500 e. The molecule has 0 spiro atoms. The summed E-state index contributed by atoms with van der Waals surface area (Å²) in [6.07, 6.45) is -11.4. The molecule has 0 saturated carbocycles. The molecule has 0 bridgehead atoms. The molecule has 0 N–H and O–H groups in total. The molecule has 0 atom stereocenters. The molecule has 52 heavy (non-hydrogen) atoms. The van der Waals surface area contributed by atoms with Crippen molar-refractivity contribution >= 4 is 8.80 Å². The zero-order valence-corrected chi connectivity index (χ0v) is 25.1. The predicted molar refractivity (Wildman–Crippen MR) is 107 cm³/mol. The Morgan fingerprint density at radius 2 is 0.462 bits per heavy atom. The summed E-state index contributed by atoms with van der Waals surface area (Å²) in [5.41, 5.74) is 0. The molecule has 0 unspecified atom stereocenters. The van der Waals surface area contributed by atoms with Crippen molar-refractivity contribution in [2.45, 2.75) is 95.6 Å². The van der Waals surface area contributed by atoms with Crippen LogP contribution in [-0.4, -0.2) is 113 Å². The van der Waals surface area contributed by atoms with E-state index in [9.17, 15) is 127 Å². The van der Waals surface area contributed by atoms with Crippen LogP contribution in [0.15, 0.2) is 0 Å². The normalized spacial score (nSPS) is 16.8. The van der Waals surface area contributed by atoms with Gasteiger partial charge in [-0.05, 0) is 0 Å². The van der Waals surface area contributed by atoms with Gasteiger partial charge in [0.25, 0.3) is 0 Å². The first-order valence-corrected chi connectivity index (χ1v) is 13.7. The third kappa shape index (κ3) is 6.20. The van der Waals surface area contributed by atoms with Gasteiger partial charge in [-0.2, -0.15) is 127 Å². The minimum atomic E-state index is -9.95. The molecule has 0 rings (SSSR count). The predicted octanol–water partition coefficient (Wildman–Crippen LogP) is 10.1. The second kappa shape index (κ2) is 13.1. The molecule has 0 amide bonds. The quantitative estimate of drug-likeness (QED) is 0.102. The lowest BCUT2D eigenvalue weighted by molar-refractivity contribution is -0.487. The molecule has 0 aliphatic carbocycles. The average Bonchev–Trinajstić information content (AvgIpc) is 2.96. The van der Waals surface area contributed by atoms with Crippen molar-refractivity contribution in [1.29, 1.82) is 0 Å². The minimum absolute atomic E-state index is 0.459. The Hall–Kier alpha value is -1.93. The van der Waals surface area contributed by atoms with Crippen LogP contribution >= 0.6 is 0 Å². The van der Waals surface area contributed by atoms with Crippen molar-refractivity contribution in [2.75, 3.05) is 21.3 Å². The highest BCUT2D eigenvalue weighted by Gasteiger charge is 3.00. The van der Waals surface area contributed by atoms with E-state index in [4.69, 9.17) is 0 Å². The van der Waals surface area contributed by atoms with Crippen LogP contribution in [0.5, 0.6) is 0 Å². The summed E-state index contributed by atoms with van der Waals surface area (Å²) >= 11 is 0. The number of alkyl halides is 29. The third-order valence-electron chi connectivity index (χ3n) is 6.83. The second-order valence-electron chi connectivity index (χ2n) is 9.89. The van der Waals surface area contributed by atoms with Gasteiger partial charge in [0.1, 0.15) is 0 Å². The molecule has 0 aromatic heterocycles. The summed E-state index contributed by atoms with van der Waals surface area (Å²) in [5, 5.41) is 0. The summed E-state index contributed by atoms with van der Waals surface area (Å²) in [5.74, 6) is -121. The van der Waals surface area contributed by atoms with Gasteiger partial charge in [0.15, 0.2) is 0 Å². The summed E-state index contributed by atoms with van der Waals surface area (Å²) in [6.45, 7) is 0. The lowest BCUT2D eigenvalue weighted by Gasteiger charge is -2.46. The van der Waals surface area contributed by atoms with Crippen LogP contribution in [-0.2, 0) is 13.3 Å². The van der Waals surface area contributed by atoms with Gasteiger partial charge < -0.3 is 13.3 Å². The van der Waals surface area contributed by atoms with E-state index < -0.39 is 104 Å². The van der Waals surface area contributed by atoms with Crippen molar-refractivity contribution in [3.05, 3.63) is 0 Å². The van der Waals surface area contributed by atoms with E-state index in [0.29, 0.717) is 21.3 Å². The maximum absolute atomic E-state index is 14.1. The summed E-state index contributed by atoms with van der Waals surface area (Å²) in [6, 6.07) is -1.94. The fourth-order valence-electron chi connectivity index (χ4n) is 3.40. The lowest BCUT2D eigenvalue weighted by atomic mass is 9.83. The molecule has 33 heteroatoms. The number of rotatable bonds is 18. The van der Waals surface area contributed by atoms with Gasteiger partial charge in [-0.3, -0.25) is 0 Å². The molecule has 0 heterocycles. The van der Waals surface area contributed by atoms with Crippen LogP contribution < -0.4 is 0 Å². The summed E-state index contributed by atoms with van der Waals surface area (Å²) < 4.78 is 407. The summed E-state index contributed by atoms with van der Waals surface area (Å²) in [7, 11) is -3.35. The number of hydrogen-bond acceptors (Lipinski definition) is 3. The molecule has 0 aromatic carbocycles. The Morgan fingerprint density at radius 1 is 0.288 bits per heavy atom. The molecular weight excluding hydrogens is 855 g/mol. The smallest absolute Gasteiger partial charge is 0.377 e. The maximum atomic E-state index is 14.1. The van der Waals surface area contributed by atoms with Gasteiger partial charge >= 0.3 is 92.0 Å². The van der Waals surface area contributed by atoms with Crippen LogP contribution in [0.1, 0.15) is 6.42 Å². The Labute approximate surface area is 267 Å². The molecule has 0 aliphatic rings. The van der Waals surface area contributed by atoms with Gasteiger partial charge in [-0.25, -0.2) is 0 Å². The fourth-order valence-corrected chi connectivity index (χ4v) is 5.14. The molecule has 0 aromatic rings. The zero-order valence-electron chi connectivity index (χ0n) is 24.1. The van der Waals surface area contributed by atoms with E-state index in [2.05, 4.69) is 13.3 Å². The Bertz CT molecular complexity index is 1240. The molecule has 314 valence electrons. The van der Waals surface area contributed by atoms with Crippen molar-refractivity contribution in [2.24, 2.45) is 0 Å². The zero-order chi connectivity index (χ0) is 43.0. The first-order chi connectivity index (χ1) is 22.1. The first-order valence-electron chi connectivity index (χ1n) is 11.8. The van der Waals surface area contributed by atoms with Gasteiger partial charge in [-0.15, -0.1) is 0 Å². The average molecular weight is 868 g/mol. The standard InChI is InChI=1S/C19H13F29O3Si/c1-49-52(50-2,51-3)5-4-6(20,21)7(22,23)8(24,25)9(26,27)10(28,29)11(30,31)12(32,33)13(34,35)14(36,37)15(38,39)16(40,41)17(42,43)18(44,45)19(46,47)48/h4-5H2,1-3H3. The Balaban J connectivity index is 7.46. The molecule has 3 nitrogen and oxygen atoms in total. The van der Waals surface area contributed by atoms with E-state index in [-0.39, 0.29) is 0 Å². The SMILES string of the molecule is CO[Si](CCC(F)(F)C(F)(F)C(F)(F)C(F)(F)C(F)(F)C(F)(F)C(F)(F)C(F)(F)C(F)(F)C(F)(F)C(F)(F)C(F)(F)C(F)(F)C(F)(F)F)(OC)OC. The molecule has 0 aliphatic heterocycles. The van der Waals surface area contributed by atoms with Crippen molar-refractivity contribution in [3.63, 3.8) is 0 Å². The topological polar surface area (TPSA) is 27.7 Å². The van der Waals surface area contributed by atoms with Crippen molar-refractivity contribution < 1.29 is 141 Å². The van der Waals surface area contributed by atoms with E-state index >= 15 is 0 Å². The highest BCUT2D eigenvalue weighted by molar-refractivity contribution is 6.60. The first kappa shape index (κ1) is 50.1. The van der Waals surface area contributed by atoms with Crippen molar-refractivity contribution in [3.8, 4) is 0 Å². The minimum Gasteiger partial charge on any atom is -0.377 e. The van der Waals surface area contributed by atoms with Gasteiger partial charge in [0, 0.05) is 33.8 Å². The molecule has 0 fully saturated rings. The fraction of sp³-hybridized carbons (Fsp3) is 1.00. The highest BCUT2D eigenvalue weighted by Crippen LogP contribution is 2.69. The van der Waals surface area contributed by atoms with Crippen LogP contribution in [0, 0.1) is 0 Å². The maximum Gasteiger partial charge on any atom is 0.500 e.